The molecule has 0 aromatic carbocycles. The molecule has 8 heavy (non-hydrogen) atoms. The third kappa shape index (κ3) is 0.788. The maximum atomic E-state index is 5.59. The van der Waals surface area contributed by atoms with Crippen molar-refractivity contribution >= 4 is 23.8 Å². The maximum absolute atomic E-state index is 5.59. The van der Waals surface area contributed by atoms with E-state index < -0.39 is 0 Å². The molecule has 2 nitrogen and oxygen atoms in total. The van der Waals surface area contributed by atoms with Crippen LogP contribution in [-0.2, 0) is 7.05 Å². The summed E-state index contributed by atoms with van der Waals surface area (Å²) in [6.07, 6.45) is 1.66. The Balaban J connectivity index is 3.41. The number of halogens is 1. The molecule has 0 unspecified atom stereocenters. The van der Waals surface area contributed by atoms with Gasteiger partial charge in [0, 0.05) is 13.2 Å². The molecular weight excluding hydrogens is 144 g/mol. The van der Waals surface area contributed by atoms with Gasteiger partial charge < -0.3 is 9.55 Å². The summed E-state index contributed by atoms with van der Waals surface area (Å²) < 4.78 is 2.34. The van der Waals surface area contributed by atoms with E-state index in [0.29, 0.717) is 9.92 Å². The van der Waals surface area contributed by atoms with Gasteiger partial charge in [0.25, 0.3) is 0 Å². The fourth-order valence-corrected chi connectivity index (χ4v) is 0.758. The highest BCUT2D eigenvalue weighted by atomic mass is 35.5. The first-order valence-corrected chi connectivity index (χ1v) is 2.90. The van der Waals surface area contributed by atoms with Crippen LogP contribution in [0.5, 0.6) is 0 Å². The Morgan fingerprint density at radius 2 is 2.50 bits per heavy atom. The van der Waals surface area contributed by atoms with Crippen molar-refractivity contribution in [2.45, 2.75) is 0 Å². The molecule has 1 rings (SSSR count). The van der Waals surface area contributed by atoms with E-state index in [4.69, 9.17) is 23.8 Å². The minimum atomic E-state index is 0.634. The van der Waals surface area contributed by atoms with Crippen LogP contribution in [0.25, 0.3) is 0 Å². The van der Waals surface area contributed by atoms with Crippen LogP contribution in [0.2, 0.25) is 5.15 Å². The molecule has 1 aromatic heterocycles. The van der Waals surface area contributed by atoms with E-state index in [1.807, 2.05) is 0 Å². The quantitative estimate of drug-likeness (QED) is 0.556. The number of imidazole rings is 1. The number of hydrogen-bond acceptors (Lipinski definition) is 1. The van der Waals surface area contributed by atoms with E-state index in [1.54, 1.807) is 17.8 Å². The molecule has 0 aliphatic heterocycles. The molecule has 0 saturated heterocycles. The smallest absolute Gasteiger partial charge is 0.178 e. The molecule has 0 fully saturated rings. The summed E-state index contributed by atoms with van der Waals surface area (Å²) in [6, 6.07) is 0. The molecule has 0 spiro atoms. The van der Waals surface area contributed by atoms with Crippen molar-refractivity contribution in [2.75, 3.05) is 0 Å². The van der Waals surface area contributed by atoms with Crippen molar-refractivity contribution in [3.05, 3.63) is 16.1 Å². The van der Waals surface area contributed by atoms with Gasteiger partial charge >= 0.3 is 0 Å². The van der Waals surface area contributed by atoms with Crippen LogP contribution in [0.15, 0.2) is 6.20 Å². The van der Waals surface area contributed by atoms with Gasteiger partial charge in [-0.05, 0) is 12.2 Å². The van der Waals surface area contributed by atoms with Gasteiger partial charge in [0.05, 0.1) is 0 Å². The lowest BCUT2D eigenvalue weighted by atomic mass is 10.9. The molecule has 0 radical (unpaired) electrons. The van der Waals surface area contributed by atoms with Crippen molar-refractivity contribution in [1.29, 1.82) is 0 Å². The summed E-state index contributed by atoms with van der Waals surface area (Å²) in [5.41, 5.74) is 0. The molecule has 4 heteroatoms. The van der Waals surface area contributed by atoms with E-state index in [9.17, 15) is 0 Å². The first-order valence-electron chi connectivity index (χ1n) is 2.11. The van der Waals surface area contributed by atoms with E-state index in [2.05, 4.69) is 4.98 Å². The number of rotatable bonds is 0. The Hall–Kier alpha value is -0.280. The Bertz CT molecular complexity index is 236. The lowest BCUT2D eigenvalue weighted by molar-refractivity contribution is 0.895. The second kappa shape index (κ2) is 1.91. The molecule has 0 bridgehead atoms. The van der Waals surface area contributed by atoms with Crippen LogP contribution in [0.1, 0.15) is 0 Å². The minimum absolute atomic E-state index is 0.634. The molecule has 0 atom stereocenters. The molecule has 0 aliphatic carbocycles. The topological polar surface area (TPSA) is 20.7 Å². The lowest BCUT2D eigenvalue weighted by Gasteiger charge is -1.86. The standard InChI is InChI=1S/C4H5ClN2S/c1-7-3(5)2-6-4(7)8/h2H,1H3,(H,6,8). The number of H-pyrrole nitrogens is 1. The molecule has 1 heterocycles. The summed E-state index contributed by atoms with van der Waals surface area (Å²) in [4.78, 5) is 2.78. The summed E-state index contributed by atoms with van der Waals surface area (Å²) in [7, 11) is 1.81. The second-order valence-electron chi connectivity index (χ2n) is 1.48. The van der Waals surface area contributed by atoms with Gasteiger partial charge in [0.1, 0.15) is 5.15 Å². The zero-order chi connectivity index (χ0) is 6.15. The molecule has 44 valence electrons. The van der Waals surface area contributed by atoms with Gasteiger partial charge in [0.15, 0.2) is 4.77 Å². The molecule has 1 aromatic rings. The monoisotopic (exact) mass is 148 g/mol. The SMILES string of the molecule is Cn1c(Cl)c[nH]c1=S. The van der Waals surface area contributed by atoms with Gasteiger partial charge in [-0.25, -0.2) is 0 Å². The highest BCUT2D eigenvalue weighted by molar-refractivity contribution is 7.71. The van der Waals surface area contributed by atoms with Crippen LogP contribution >= 0.6 is 23.8 Å². The van der Waals surface area contributed by atoms with Crippen molar-refractivity contribution in [3.8, 4) is 0 Å². The van der Waals surface area contributed by atoms with E-state index in [0.717, 1.165) is 0 Å². The highest BCUT2D eigenvalue weighted by Gasteiger charge is 1.90. The van der Waals surface area contributed by atoms with Crippen LogP contribution in [0.3, 0.4) is 0 Å². The third-order valence-electron chi connectivity index (χ3n) is 0.940. The maximum Gasteiger partial charge on any atom is 0.178 e. The number of aromatic amines is 1. The van der Waals surface area contributed by atoms with Gasteiger partial charge in [-0.3, -0.25) is 0 Å². The van der Waals surface area contributed by atoms with Crippen LogP contribution in [-0.4, -0.2) is 9.55 Å². The highest BCUT2D eigenvalue weighted by Crippen LogP contribution is 2.04. The zero-order valence-electron chi connectivity index (χ0n) is 4.31. The zero-order valence-corrected chi connectivity index (χ0v) is 5.88. The Morgan fingerprint density at radius 3 is 2.62 bits per heavy atom. The number of nitrogens with one attached hydrogen (secondary N) is 1. The Morgan fingerprint density at radius 1 is 1.88 bits per heavy atom. The predicted molar refractivity (Wildman–Crippen MR) is 35.6 cm³/mol. The fraction of sp³-hybridized carbons (Fsp3) is 0.250. The third-order valence-corrected chi connectivity index (χ3v) is 1.69. The lowest BCUT2D eigenvalue weighted by Crippen LogP contribution is -1.84. The summed E-state index contributed by atoms with van der Waals surface area (Å²) in [5, 5.41) is 0.634. The van der Waals surface area contributed by atoms with Crippen LogP contribution in [0, 0.1) is 4.77 Å². The van der Waals surface area contributed by atoms with Crippen molar-refractivity contribution in [2.24, 2.45) is 7.05 Å². The van der Waals surface area contributed by atoms with Gasteiger partial charge in [-0.2, -0.15) is 0 Å². The van der Waals surface area contributed by atoms with Crippen LogP contribution in [0.4, 0.5) is 0 Å². The van der Waals surface area contributed by atoms with Crippen LogP contribution < -0.4 is 0 Å². The van der Waals surface area contributed by atoms with Gasteiger partial charge in [0.2, 0.25) is 0 Å². The Labute approximate surface area is 57.1 Å². The average molecular weight is 149 g/mol. The Kier molecular flexibility index (Phi) is 1.40. The van der Waals surface area contributed by atoms with Crippen molar-refractivity contribution in [1.82, 2.24) is 9.55 Å². The summed E-state index contributed by atoms with van der Waals surface area (Å²) in [6.45, 7) is 0. The summed E-state index contributed by atoms with van der Waals surface area (Å²) >= 11 is 10.4. The molecule has 1 N–H and O–H groups in total. The second-order valence-corrected chi connectivity index (χ2v) is 2.25. The largest absolute Gasteiger partial charge is 0.336 e. The molecule has 0 aliphatic rings. The van der Waals surface area contributed by atoms with E-state index in [-0.39, 0.29) is 0 Å². The number of hydrogen-bond donors (Lipinski definition) is 1. The number of nitrogens with zero attached hydrogens (tertiary/aromatic N) is 1. The molecule has 0 saturated carbocycles. The molecular formula is C4H5ClN2S. The first kappa shape index (κ1) is 5.85. The predicted octanol–water partition coefficient (Wildman–Crippen LogP) is 1.74. The minimum Gasteiger partial charge on any atom is -0.336 e. The van der Waals surface area contributed by atoms with E-state index in [1.165, 1.54) is 0 Å². The normalized spacial score (nSPS) is 9.75. The van der Waals surface area contributed by atoms with Gasteiger partial charge in [-0.1, -0.05) is 11.6 Å². The fourth-order valence-electron chi connectivity index (χ4n) is 0.412. The van der Waals surface area contributed by atoms with Crippen molar-refractivity contribution < 1.29 is 0 Å². The van der Waals surface area contributed by atoms with E-state index >= 15 is 0 Å². The number of aromatic nitrogens is 2. The molecule has 0 amide bonds. The van der Waals surface area contributed by atoms with Gasteiger partial charge in [-0.15, -0.1) is 0 Å². The summed E-state index contributed by atoms with van der Waals surface area (Å²) in [5.74, 6) is 0. The average Bonchev–Trinajstić information content (AvgIpc) is 1.98. The first-order chi connectivity index (χ1) is 3.72. The van der Waals surface area contributed by atoms with Crippen molar-refractivity contribution in [3.63, 3.8) is 0 Å².